The first-order valence-electron chi connectivity index (χ1n) is 9.82. The minimum absolute atomic E-state index is 0.0512. The second kappa shape index (κ2) is 8.10. The molecule has 8 heteroatoms. The first-order chi connectivity index (χ1) is 13.7. The summed E-state index contributed by atoms with van der Waals surface area (Å²) in [5.74, 6) is -0.0579. The molecule has 8 nitrogen and oxygen atoms in total. The number of amides is 2. The molecular formula is C20H26N6O2. The SMILES string of the molecule is C=CCN1CC(C(=O)N2CCCN(Cc3cnn4cccnc34)CC2)CC1=O. The van der Waals surface area contributed by atoms with Gasteiger partial charge in [0.2, 0.25) is 11.8 Å². The number of carbonyl (C=O) groups is 2. The van der Waals surface area contributed by atoms with E-state index in [2.05, 4.69) is 21.6 Å². The van der Waals surface area contributed by atoms with Gasteiger partial charge in [0.15, 0.2) is 5.65 Å². The highest BCUT2D eigenvalue weighted by Crippen LogP contribution is 2.21. The summed E-state index contributed by atoms with van der Waals surface area (Å²) in [6.45, 7) is 8.67. The highest BCUT2D eigenvalue weighted by Gasteiger charge is 2.36. The maximum atomic E-state index is 12.9. The molecule has 2 fully saturated rings. The van der Waals surface area contributed by atoms with Crippen LogP contribution in [0.5, 0.6) is 0 Å². The van der Waals surface area contributed by atoms with Crippen molar-refractivity contribution in [2.45, 2.75) is 19.4 Å². The average molecular weight is 382 g/mol. The third-order valence-corrected chi connectivity index (χ3v) is 5.56. The van der Waals surface area contributed by atoms with Crippen molar-refractivity contribution in [3.63, 3.8) is 0 Å². The Bertz CT molecular complexity index is 878. The van der Waals surface area contributed by atoms with Crippen LogP contribution in [0.1, 0.15) is 18.4 Å². The van der Waals surface area contributed by atoms with E-state index in [-0.39, 0.29) is 17.7 Å². The van der Waals surface area contributed by atoms with Crippen molar-refractivity contribution in [1.29, 1.82) is 0 Å². The molecular weight excluding hydrogens is 356 g/mol. The van der Waals surface area contributed by atoms with Gasteiger partial charge in [0.05, 0.1) is 12.1 Å². The van der Waals surface area contributed by atoms with Crippen LogP contribution in [0.2, 0.25) is 0 Å². The summed E-state index contributed by atoms with van der Waals surface area (Å²) >= 11 is 0. The molecule has 4 heterocycles. The van der Waals surface area contributed by atoms with Crippen LogP contribution >= 0.6 is 0 Å². The number of carbonyl (C=O) groups excluding carboxylic acids is 2. The lowest BCUT2D eigenvalue weighted by Crippen LogP contribution is -2.39. The molecule has 0 radical (unpaired) electrons. The quantitative estimate of drug-likeness (QED) is 0.715. The zero-order valence-corrected chi connectivity index (χ0v) is 16.0. The van der Waals surface area contributed by atoms with Crippen LogP contribution in [-0.4, -0.2) is 80.4 Å². The Balaban J connectivity index is 1.35. The zero-order chi connectivity index (χ0) is 19.5. The van der Waals surface area contributed by atoms with E-state index < -0.39 is 0 Å². The molecule has 0 aliphatic carbocycles. The fraction of sp³-hybridized carbons (Fsp3) is 0.500. The topological polar surface area (TPSA) is 74.1 Å². The fourth-order valence-electron chi connectivity index (χ4n) is 4.11. The molecule has 0 saturated carbocycles. The molecule has 1 unspecified atom stereocenters. The van der Waals surface area contributed by atoms with Gasteiger partial charge >= 0.3 is 0 Å². The van der Waals surface area contributed by atoms with E-state index in [9.17, 15) is 9.59 Å². The van der Waals surface area contributed by atoms with Gasteiger partial charge in [0.25, 0.3) is 0 Å². The van der Waals surface area contributed by atoms with Gasteiger partial charge in [-0.1, -0.05) is 6.08 Å². The number of nitrogens with zero attached hydrogens (tertiary/aromatic N) is 6. The summed E-state index contributed by atoms with van der Waals surface area (Å²) in [6, 6.07) is 1.86. The van der Waals surface area contributed by atoms with Crippen molar-refractivity contribution in [1.82, 2.24) is 29.3 Å². The molecule has 0 spiro atoms. The van der Waals surface area contributed by atoms with Crippen LogP contribution in [0, 0.1) is 5.92 Å². The number of aromatic nitrogens is 3. The van der Waals surface area contributed by atoms with E-state index in [4.69, 9.17) is 0 Å². The van der Waals surface area contributed by atoms with Crippen LogP contribution in [0.3, 0.4) is 0 Å². The Morgan fingerprint density at radius 3 is 3.04 bits per heavy atom. The van der Waals surface area contributed by atoms with E-state index in [0.717, 1.165) is 43.8 Å². The van der Waals surface area contributed by atoms with E-state index in [1.165, 1.54) is 0 Å². The van der Waals surface area contributed by atoms with Gasteiger partial charge in [0, 0.05) is 70.2 Å². The first-order valence-corrected chi connectivity index (χ1v) is 9.82. The number of likely N-dealkylation sites (tertiary alicyclic amines) is 1. The van der Waals surface area contributed by atoms with Crippen LogP contribution in [-0.2, 0) is 16.1 Å². The third-order valence-electron chi connectivity index (χ3n) is 5.56. The van der Waals surface area contributed by atoms with Gasteiger partial charge in [-0.15, -0.1) is 6.58 Å². The Labute approximate surface area is 164 Å². The summed E-state index contributed by atoms with van der Waals surface area (Å²) in [7, 11) is 0. The largest absolute Gasteiger partial charge is 0.341 e. The van der Waals surface area contributed by atoms with Crippen LogP contribution in [0.4, 0.5) is 0 Å². The minimum Gasteiger partial charge on any atom is -0.341 e. The van der Waals surface area contributed by atoms with Crippen LogP contribution in [0.25, 0.3) is 5.65 Å². The maximum Gasteiger partial charge on any atom is 0.228 e. The summed E-state index contributed by atoms with van der Waals surface area (Å²) in [5, 5.41) is 4.35. The van der Waals surface area contributed by atoms with Gasteiger partial charge in [-0.25, -0.2) is 9.50 Å². The summed E-state index contributed by atoms with van der Waals surface area (Å²) in [6.07, 6.45) is 8.50. The van der Waals surface area contributed by atoms with Crippen LogP contribution in [0.15, 0.2) is 37.3 Å². The van der Waals surface area contributed by atoms with Gasteiger partial charge in [-0.2, -0.15) is 5.10 Å². The number of hydrogen-bond donors (Lipinski definition) is 0. The highest BCUT2D eigenvalue weighted by atomic mass is 16.2. The summed E-state index contributed by atoms with van der Waals surface area (Å²) in [4.78, 5) is 35.4. The molecule has 28 heavy (non-hydrogen) atoms. The van der Waals surface area contributed by atoms with E-state index in [1.807, 2.05) is 23.4 Å². The molecule has 148 valence electrons. The predicted octanol–water partition coefficient (Wildman–Crippen LogP) is 0.798. The zero-order valence-electron chi connectivity index (χ0n) is 16.0. The van der Waals surface area contributed by atoms with Crippen molar-refractivity contribution in [3.05, 3.63) is 42.9 Å². The van der Waals surface area contributed by atoms with E-state index >= 15 is 0 Å². The molecule has 2 amide bonds. The normalized spacial score (nSPS) is 21.3. The van der Waals surface area contributed by atoms with E-state index in [0.29, 0.717) is 26.1 Å². The lowest BCUT2D eigenvalue weighted by Gasteiger charge is -2.24. The maximum absolute atomic E-state index is 12.9. The number of fused-ring (bicyclic) bond motifs is 1. The minimum atomic E-state index is -0.220. The van der Waals surface area contributed by atoms with Gasteiger partial charge in [0.1, 0.15) is 0 Å². The summed E-state index contributed by atoms with van der Waals surface area (Å²) in [5.41, 5.74) is 1.98. The molecule has 0 N–H and O–H groups in total. The van der Waals surface area contributed by atoms with Gasteiger partial charge in [-0.3, -0.25) is 14.5 Å². The first kappa shape index (κ1) is 18.6. The van der Waals surface area contributed by atoms with Crippen molar-refractivity contribution >= 4 is 17.5 Å². The Morgan fingerprint density at radius 2 is 2.18 bits per heavy atom. The fourth-order valence-corrected chi connectivity index (χ4v) is 4.11. The molecule has 0 aromatic carbocycles. The highest BCUT2D eigenvalue weighted by molar-refractivity contribution is 5.89. The molecule has 1 atom stereocenters. The lowest BCUT2D eigenvalue weighted by atomic mass is 10.1. The monoisotopic (exact) mass is 382 g/mol. The Hall–Kier alpha value is -2.74. The molecule has 2 aromatic heterocycles. The van der Waals surface area contributed by atoms with Crippen molar-refractivity contribution in [3.8, 4) is 0 Å². The smallest absolute Gasteiger partial charge is 0.228 e. The standard InChI is InChI=1S/C20H26N6O2/c1-2-6-25-15-16(12-18(25)27)20(28)24-8-4-7-23(10-11-24)14-17-13-22-26-9-3-5-21-19(17)26/h2-3,5,9,13,16H,1,4,6-8,10-12,14-15H2. The van der Waals surface area contributed by atoms with Crippen molar-refractivity contribution in [2.24, 2.45) is 5.92 Å². The third kappa shape index (κ3) is 3.77. The average Bonchev–Trinajstić information content (AvgIpc) is 3.18. The van der Waals surface area contributed by atoms with Gasteiger partial charge < -0.3 is 9.80 Å². The Morgan fingerprint density at radius 1 is 1.29 bits per heavy atom. The lowest BCUT2D eigenvalue weighted by molar-refractivity contribution is -0.135. The molecule has 2 aliphatic rings. The molecule has 0 bridgehead atoms. The molecule has 4 rings (SSSR count). The molecule has 2 aliphatic heterocycles. The Kier molecular flexibility index (Phi) is 5.38. The van der Waals surface area contributed by atoms with Crippen molar-refractivity contribution < 1.29 is 9.59 Å². The second-order valence-corrected chi connectivity index (χ2v) is 7.50. The molecule has 2 aromatic rings. The number of hydrogen-bond acceptors (Lipinski definition) is 5. The summed E-state index contributed by atoms with van der Waals surface area (Å²) < 4.78 is 1.79. The van der Waals surface area contributed by atoms with Gasteiger partial charge in [-0.05, 0) is 12.5 Å². The predicted molar refractivity (Wildman–Crippen MR) is 104 cm³/mol. The molecule has 2 saturated heterocycles. The second-order valence-electron chi connectivity index (χ2n) is 7.50. The number of rotatable bonds is 5. The van der Waals surface area contributed by atoms with Crippen molar-refractivity contribution in [2.75, 3.05) is 39.3 Å². The van der Waals surface area contributed by atoms with E-state index in [1.54, 1.807) is 21.7 Å². The van der Waals surface area contributed by atoms with Crippen LogP contribution < -0.4 is 0 Å².